The first-order valence-corrected chi connectivity index (χ1v) is 9.46. The molecule has 5 heteroatoms. The second-order valence-electron chi connectivity index (χ2n) is 6.64. The molecule has 0 saturated heterocycles. The van der Waals surface area contributed by atoms with Crippen LogP contribution < -0.4 is 5.32 Å². The van der Waals surface area contributed by atoms with E-state index in [1.54, 1.807) is 6.33 Å². The average molecular weight is 385 g/mol. The summed E-state index contributed by atoms with van der Waals surface area (Å²) in [6, 6.07) is 26.6. The third kappa shape index (κ3) is 2.98. The number of rotatable bonds is 3. The molecule has 0 bridgehead atoms. The molecule has 0 radical (unpaired) electrons. The first kappa shape index (κ1) is 16.8. The summed E-state index contributed by atoms with van der Waals surface area (Å²) in [7, 11) is 0. The van der Waals surface area contributed by atoms with Crippen molar-refractivity contribution in [1.29, 1.82) is 0 Å². The van der Waals surface area contributed by atoms with Crippen molar-refractivity contribution in [2.24, 2.45) is 0 Å². The quantitative estimate of drug-likeness (QED) is 0.496. The number of nitrogens with zero attached hydrogens (tertiary/aromatic N) is 3. The number of hydrogen-bond donors (Lipinski definition) is 1. The van der Waals surface area contributed by atoms with Gasteiger partial charge in [-0.15, -0.1) is 0 Å². The summed E-state index contributed by atoms with van der Waals surface area (Å²) in [5.41, 5.74) is 5.46. The van der Waals surface area contributed by atoms with Crippen molar-refractivity contribution in [3.63, 3.8) is 0 Å². The highest BCUT2D eigenvalue weighted by atomic mass is 35.5. The Kier molecular flexibility index (Phi) is 4.18. The van der Waals surface area contributed by atoms with Gasteiger partial charge in [0.2, 0.25) is 5.95 Å². The molecule has 2 heterocycles. The molecule has 0 unspecified atom stereocenters. The van der Waals surface area contributed by atoms with Crippen LogP contribution in [0.15, 0.2) is 91.3 Å². The molecule has 4 nitrogen and oxygen atoms in total. The smallest absolute Gasteiger partial charge is 0.226 e. The van der Waals surface area contributed by atoms with E-state index < -0.39 is 0 Å². The van der Waals surface area contributed by atoms with Crippen LogP contribution in [0.5, 0.6) is 0 Å². The molecule has 1 aliphatic heterocycles. The zero-order chi connectivity index (χ0) is 18.9. The summed E-state index contributed by atoms with van der Waals surface area (Å²) in [4.78, 5) is 4.36. The summed E-state index contributed by atoms with van der Waals surface area (Å²) in [6.45, 7) is 0. The maximum atomic E-state index is 6.46. The Morgan fingerprint density at radius 3 is 2.25 bits per heavy atom. The van der Waals surface area contributed by atoms with Crippen molar-refractivity contribution >= 4 is 23.2 Å². The molecule has 4 aromatic rings. The number of halogens is 1. The summed E-state index contributed by atoms with van der Waals surface area (Å²) < 4.78 is 1.85. The van der Waals surface area contributed by atoms with Gasteiger partial charge in [-0.25, -0.2) is 4.68 Å². The standard InChI is InChI=1S/C23H17ClN4/c24-20-9-5-4-8-19(20)22-14-21(27-23-25-15-26-28(22)23)18-12-10-17(11-13-18)16-6-2-1-3-7-16/h1-15,22H,(H,25,26,27)/t22-/m0/s1. The summed E-state index contributed by atoms with van der Waals surface area (Å²) in [5.74, 6) is 0.703. The Labute approximate surface area is 168 Å². The third-order valence-corrected chi connectivity index (χ3v) is 5.28. The van der Waals surface area contributed by atoms with Gasteiger partial charge in [-0.1, -0.05) is 84.4 Å². The first-order valence-electron chi connectivity index (χ1n) is 9.08. The molecule has 28 heavy (non-hydrogen) atoms. The van der Waals surface area contributed by atoms with Crippen LogP contribution >= 0.6 is 11.6 Å². The van der Waals surface area contributed by atoms with E-state index in [0.717, 1.165) is 16.8 Å². The van der Waals surface area contributed by atoms with Crippen LogP contribution in [-0.2, 0) is 0 Å². The molecule has 0 aliphatic carbocycles. The lowest BCUT2D eigenvalue weighted by Crippen LogP contribution is -2.20. The minimum Gasteiger partial charge on any atom is -0.324 e. The predicted molar refractivity (Wildman–Crippen MR) is 113 cm³/mol. The molecule has 0 fully saturated rings. The van der Waals surface area contributed by atoms with Crippen LogP contribution in [0.25, 0.3) is 16.8 Å². The van der Waals surface area contributed by atoms with E-state index >= 15 is 0 Å². The average Bonchev–Trinajstić information content (AvgIpc) is 3.23. The Balaban J connectivity index is 1.54. The molecule has 136 valence electrons. The highest BCUT2D eigenvalue weighted by Gasteiger charge is 2.24. The van der Waals surface area contributed by atoms with Gasteiger partial charge in [-0.05, 0) is 34.4 Å². The summed E-state index contributed by atoms with van der Waals surface area (Å²) >= 11 is 6.46. The van der Waals surface area contributed by atoms with Gasteiger partial charge in [-0.3, -0.25) is 0 Å². The van der Waals surface area contributed by atoms with E-state index in [1.165, 1.54) is 11.1 Å². The fourth-order valence-electron chi connectivity index (χ4n) is 3.51. The minimum absolute atomic E-state index is 0.115. The van der Waals surface area contributed by atoms with E-state index in [4.69, 9.17) is 11.6 Å². The van der Waals surface area contributed by atoms with Crippen LogP contribution in [0.4, 0.5) is 5.95 Å². The normalized spacial score (nSPS) is 15.5. The van der Waals surface area contributed by atoms with Crippen molar-refractivity contribution < 1.29 is 0 Å². The van der Waals surface area contributed by atoms with E-state index in [-0.39, 0.29) is 6.04 Å². The van der Waals surface area contributed by atoms with E-state index in [1.807, 2.05) is 35.0 Å². The van der Waals surface area contributed by atoms with E-state index in [0.29, 0.717) is 11.0 Å². The summed E-state index contributed by atoms with van der Waals surface area (Å²) in [6.07, 6.45) is 3.70. The molecule has 1 aromatic heterocycles. The van der Waals surface area contributed by atoms with Crippen LogP contribution in [-0.4, -0.2) is 14.8 Å². The molecule has 0 spiro atoms. The number of benzene rings is 3. The Morgan fingerprint density at radius 2 is 1.46 bits per heavy atom. The van der Waals surface area contributed by atoms with Crippen molar-refractivity contribution in [2.75, 3.05) is 5.32 Å². The van der Waals surface area contributed by atoms with Gasteiger partial charge in [0.1, 0.15) is 12.4 Å². The molecule has 0 amide bonds. The largest absolute Gasteiger partial charge is 0.324 e. The number of fused-ring (bicyclic) bond motifs is 1. The van der Waals surface area contributed by atoms with Crippen LogP contribution in [0.2, 0.25) is 5.02 Å². The van der Waals surface area contributed by atoms with Crippen molar-refractivity contribution in [3.8, 4) is 11.1 Å². The zero-order valence-corrected chi connectivity index (χ0v) is 15.7. The van der Waals surface area contributed by atoms with Gasteiger partial charge in [0.05, 0.1) is 0 Å². The molecular weight excluding hydrogens is 368 g/mol. The molecule has 1 aliphatic rings. The molecule has 3 aromatic carbocycles. The van der Waals surface area contributed by atoms with Gasteiger partial charge in [-0.2, -0.15) is 10.1 Å². The second-order valence-corrected chi connectivity index (χ2v) is 7.05. The number of aromatic nitrogens is 3. The Bertz CT molecular complexity index is 1150. The molecule has 0 saturated carbocycles. The van der Waals surface area contributed by atoms with Gasteiger partial charge in [0.25, 0.3) is 0 Å². The summed E-state index contributed by atoms with van der Waals surface area (Å²) in [5, 5.41) is 8.47. The molecule has 1 N–H and O–H groups in total. The van der Waals surface area contributed by atoms with Gasteiger partial charge < -0.3 is 5.32 Å². The van der Waals surface area contributed by atoms with Crippen LogP contribution in [0, 0.1) is 0 Å². The minimum atomic E-state index is -0.115. The van der Waals surface area contributed by atoms with E-state index in [2.05, 4.69) is 70.0 Å². The van der Waals surface area contributed by atoms with Gasteiger partial charge in [0.15, 0.2) is 0 Å². The van der Waals surface area contributed by atoms with Crippen molar-refractivity contribution in [3.05, 3.63) is 107 Å². The van der Waals surface area contributed by atoms with Gasteiger partial charge in [0, 0.05) is 10.7 Å². The lowest BCUT2D eigenvalue weighted by Gasteiger charge is -2.25. The topological polar surface area (TPSA) is 42.7 Å². The predicted octanol–water partition coefficient (Wildman–Crippen LogP) is 5.65. The number of hydrogen-bond acceptors (Lipinski definition) is 3. The Hall–Kier alpha value is -3.37. The van der Waals surface area contributed by atoms with E-state index in [9.17, 15) is 0 Å². The number of anilines is 1. The fourth-order valence-corrected chi connectivity index (χ4v) is 3.76. The highest BCUT2D eigenvalue weighted by molar-refractivity contribution is 6.31. The van der Waals surface area contributed by atoms with Crippen LogP contribution in [0.1, 0.15) is 17.2 Å². The van der Waals surface area contributed by atoms with Crippen LogP contribution in [0.3, 0.4) is 0 Å². The highest BCUT2D eigenvalue weighted by Crippen LogP contribution is 2.35. The maximum Gasteiger partial charge on any atom is 0.226 e. The lowest BCUT2D eigenvalue weighted by molar-refractivity contribution is 0.612. The maximum absolute atomic E-state index is 6.46. The second kappa shape index (κ2) is 6.98. The van der Waals surface area contributed by atoms with Crippen molar-refractivity contribution in [1.82, 2.24) is 14.8 Å². The molecule has 1 atom stereocenters. The van der Waals surface area contributed by atoms with Gasteiger partial charge >= 0.3 is 0 Å². The SMILES string of the molecule is Clc1ccccc1[C@@H]1C=C(c2ccc(-c3ccccc3)cc2)Nc2ncnn21. The number of nitrogens with one attached hydrogen (secondary N) is 1. The monoisotopic (exact) mass is 384 g/mol. The number of allylic oxidation sites excluding steroid dienone is 1. The zero-order valence-electron chi connectivity index (χ0n) is 15.0. The first-order chi connectivity index (χ1) is 13.8. The Morgan fingerprint density at radius 1 is 0.786 bits per heavy atom. The molecular formula is C23H17ClN4. The lowest BCUT2D eigenvalue weighted by atomic mass is 9.99. The van der Waals surface area contributed by atoms with Crippen molar-refractivity contribution in [2.45, 2.75) is 6.04 Å². The molecule has 5 rings (SSSR count). The fraction of sp³-hybridized carbons (Fsp3) is 0.0435. The third-order valence-electron chi connectivity index (χ3n) is 4.93.